The lowest BCUT2D eigenvalue weighted by atomic mass is 10.2. The van der Waals surface area contributed by atoms with E-state index in [4.69, 9.17) is 5.10 Å². The lowest BCUT2D eigenvalue weighted by molar-refractivity contribution is 0.101. The molecule has 1 aromatic heterocycles. The Labute approximate surface area is 153 Å². The summed E-state index contributed by atoms with van der Waals surface area (Å²) in [6.45, 7) is 2.22. The summed E-state index contributed by atoms with van der Waals surface area (Å²) in [6, 6.07) is 8.33. The van der Waals surface area contributed by atoms with Gasteiger partial charge in [-0.05, 0) is 50.8 Å². The Morgan fingerprint density at radius 3 is 2.58 bits per heavy atom. The maximum Gasteiger partial charge on any atom is 0.240 e. The van der Waals surface area contributed by atoms with Crippen molar-refractivity contribution in [2.75, 3.05) is 6.54 Å². The fraction of sp³-hybridized carbons (Fsp3) is 0.474. The zero-order valence-corrected chi connectivity index (χ0v) is 15.6. The number of aromatic nitrogens is 2. The second-order valence-electron chi connectivity index (χ2n) is 7.25. The minimum atomic E-state index is -3.64. The Kier molecular flexibility index (Phi) is 4.44. The summed E-state index contributed by atoms with van der Waals surface area (Å²) in [4.78, 5) is 11.6. The van der Waals surface area contributed by atoms with E-state index in [1.165, 1.54) is 50.4 Å². The third-order valence-electron chi connectivity index (χ3n) is 4.99. The molecule has 0 unspecified atom stereocenters. The maximum absolute atomic E-state index is 12.5. The number of benzene rings is 1. The first-order valence-electron chi connectivity index (χ1n) is 9.12. The largest absolute Gasteiger partial charge is 0.295 e. The average Bonchev–Trinajstić information content (AvgIpc) is 3.53. The van der Waals surface area contributed by atoms with E-state index in [-0.39, 0.29) is 17.2 Å². The molecule has 6 nitrogen and oxygen atoms in total. The minimum Gasteiger partial charge on any atom is -0.295 e. The Hall–Kier alpha value is -1.99. The molecule has 2 aromatic rings. The van der Waals surface area contributed by atoms with Gasteiger partial charge < -0.3 is 0 Å². The van der Waals surface area contributed by atoms with Gasteiger partial charge in [-0.25, -0.2) is 13.1 Å². The molecule has 1 aromatic carbocycles. The normalized spacial score (nSPS) is 17.4. The molecule has 0 saturated heterocycles. The number of sulfonamides is 1. The zero-order valence-electron chi connectivity index (χ0n) is 14.8. The average molecular weight is 373 g/mol. The molecule has 26 heavy (non-hydrogen) atoms. The first kappa shape index (κ1) is 17.4. The van der Waals surface area contributed by atoms with E-state index < -0.39 is 10.0 Å². The van der Waals surface area contributed by atoms with Crippen LogP contribution in [-0.2, 0) is 16.6 Å². The van der Waals surface area contributed by atoms with Gasteiger partial charge in [0.25, 0.3) is 0 Å². The van der Waals surface area contributed by atoms with Crippen LogP contribution in [0, 0.1) is 0 Å². The second-order valence-corrected chi connectivity index (χ2v) is 9.01. The van der Waals surface area contributed by atoms with Crippen molar-refractivity contribution in [3.63, 3.8) is 0 Å². The topological polar surface area (TPSA) is 81.1 Å². The summed E-state index contributed by atoms with van der Waals surface area (Å²) in [5.41, 5.74) is 2.79. The third kappa shape index (κ3) is 3.73. The quantitative estimate of drug-likeness (QED) is 0.722. The molecule has 0 atom stereocenters. The molecule has 4 rings (SSSR count). The van der Waals surface area contributed by atoms with E-state index in [2.05, 4.69) is 10.8 Å². The van der Waals surface area contributed by atoms with E-state index in [9.17, 15) is 13.2 Å². The molecule has 2 aliphatic carbocycles. The number of rotatable bonds is 8. The van der Waals surface area contributed by atoms with Crippen LogP contribution in [0.15, 0.2) is 35.2 Å². The molecular weight excluding hydrogens is 350 g/mol. The summed E-state index contributed by atoms with van der Waals surface area (Å²) in [6.07, 6.45) is 4.80. The summed E-state index contributed by atoms with van der Waals surface area (Å²) in [5.74, 6) is 1.03. The van der Waals surface area contributed by atoms with Crippen LogP contribution in [0.4, 0.5) is 0 Å². The molecule has 0 spiro atoms. The van der Waals surface area contributed by atoms with E-state index in [0.717, 1.165) is 5.69 Å². The van der Waals surface area contributed by atoms with E-state index in [0.29, 0.717) is 23.9 Å². The summed E-state index contributed by atoms with van der Waals surface area (Å²) in [7, 11) is -3.64. The van der Waals surface area contributed by atoms with Crippen molar-refractivity contribution in [1.29, 1.82) is 0 Å². The number of carbonyl (C=O) groups is 1. The van der Waals surface area contributed by atoms with Gasteiger partial charge in [0.05, 0.1) is 17.1 Å². The lowest BCUT2D eigenvalue weighted by Gasteiger charge is -2.10. The first-order chi connectivity index (χ1) is 12.4. The highest BCUT2D eigenvalue weighted by Gasteiger charge is 2.32. The first-order valence-corrected chi connectivity index (χ1v) is 10.6. The Bertz CT molecular complexity index is 941. The molecule has 1 heterocycles. The molecule has 2 aliphatic rings. The molecule has 2 fully saturated rings. The van der Waals surface area contributed by atoms with Crippen molar-refractivity contribution < 1.29 is 13.2 Å². The van der Waals surface area contributed by atoms with Crippen molar-refractivity contribution in [2.45, 2.75) is 55.9 Å². The molecule has 0 bridgehead atoms. The van der Waals surface area contributed by atoms with Crippen molar-refractivity contribution in [2.24, 2.45) is 0 Å². The Morgan fingerprint density at radius 2 is 1.92 bits per heavy atom. The van der Waals surface area contributed by atoms with Crippen molar-refractivity contribution in [3.05, 3.63) is 47.3 Å². The van der Waals surface area contributed by atoms with Crippen LogP contribution >= 0.6 is 0 Å². The van der Waals surface area contributed by atoms with Crippen LogP contribution in [-0.4, -0.2) is 30.5 Å². The zero-order chi connectivity index (χ0) is 18.3. The minimum absolute atomic E-state index is 0.117. The summed E-state index contributed by atoms with van der Waals surface area (Å²) >= 11 is 0. The number of nitrogens with one attached hydrogen (secondary N) is 1. The highest BCUT2D eigenvalue weighted by molar-refractivity contribution is 7.89. The molecule has 2 saturated carbocycles. The Balaban J connectivity index is 1.44. The van der Waals surface area contributed by atoms with Crippen molar-refractivity contribution in [3.8, 4) is 0 Å². The van der Waals surface area contributed by atoms with Crippen LogP contribution in [0.25, 0.3) is 0 Å². The third-order valence-corrected chi connectivity index (χ3v) is 6.45. The van der Waals surface area contributed by atoms with Crippen LogP contribution in [0.3, 0.4) is 0 Å². The Morgan fingerprint density at radius 1 is 1.19 bits per heavy atom. The number of hydrogen-bond donors (Lipinski definition) is 1. The fourth-order valence-electron chi connectivity index (χ4n) is 3.17. The van der Waals surface area contributed by atoms with Gasteiger partial charge in [0.2, 0.25) is 10.0 Å². The van der Waals surface area contributed by atoms with Gasteiger partial charge in [-0.2, -0.15) is 5.10 Å². The predicted molar refractivity (Wildman–Crippen MR) is 97.8 cm³/mol. The van der Waals surface area contributed by atoms with E-state index in [1.807, 2.05) is 4.68 Å². The molecule has 0 aliphatic heterocycles. The van der Waals surface area contributed by atoms with E-state index >= 15 is 0 Å². The smallest absolute Gasteiger partial charge is 0.240 e. The number of nitrogens with zero attached hydrogens (tertiary/aromatic N) is 2. The van der Waals surface area contributed by atoms with Crippen LogP contribution < -0.4 is 4.72 Å². The van der Waals surface area contributed by atoms with Crippen molar-refractivity contribution in [1.82, 2.24) is 14.5 Å². The molecular formula is C19H23N3O3S. The van der Waals surface area contributed by atoms with Gasteiger partial charge in [-0.1, -0.05) is 12.1 Å². The number of Topliss-reactive ketones (excluding diaryl/α,β-unsaturated/α-hetero) is 1. The summed E-state index contributed by atoms with van der Waals surface area (Å²) in [5, 5.41) is 4.70. The standard InChI is InChI=1S/C19H23N3O3S/c1-13(23)16-3-2-4-17(11-16)26(24,25)20-9-10-22-19(15-7-8-15)12-18(21-22)14-5-6-14/h2-4,11-12,14-15,20H,5-10H2,1H3. The van der Waals surface area contributed by atoms with Gasteiger partial charge in [-0.3, -0.25) is 9.48 Å². The predicted octanol–water partition coefficient (Wildman–Crippen LogP) is 2.82. The van der Waals surface area contributed by atoms with Gasteiger partial charge >= 0.3 is 0 Å². The number of carbonyl (C=O) groups excluding carboxylic acids is 1. The SMILES string of the molecule is CC(=O)c1cccc(S(=O)(=O)NCCn2nc(C3CC3)cc2C2CC2)c1. The lowest BCUT2D eigenvalue weighted by Crippen LogP contribution is -2.28. The van der Waals surface area contributed by atoms with Crippen LogP contribution in [0.5, 0.6) is 0 Å². The number of hydrogen-bond acceptors (Lipinski definition) is 4. The maximum atomic E-state index is 12.5. The molecule has 138 valence electrons. The van der Waals surface area contributed by atoms with Crippen molar-refractivity contribution >= 4 is 15.8 Å². The van der Waals surface area contributed by atoms with Gasteiger partial charge in [0.15, 0.2) is 5.78 Å². The van der Waals surface area contributed by atoms with Gasteiger partial charge in [0.1, 0.15) is 0 Å². The summed E-state index contributed by atoms with van der Waals surface area (Å²) < 4.78 is 29.6. The second kappa shape index (κ2) is 6.63. The molecule has 0 radical (unpaired) electrons. The molecule has 7 heteroatoms. The molecule has 0 amide bonds. The van der Waals surface area contributed by atoms with E-state index in [1.54, 1.807) is 12.1 Å². The van der Waals surface area contributed by atoms with Gasteiger partial charge in [-0.15, -0.1) is 0 Å². The molecule has 1 N–H and O–H groups in total. The van der Waals surface area contributed by atoms with Crippen LogP contribution in [0.1, 0.15) is 66.2 Å². The fourth-order valence-corrected chi connectivity index (χ4v) is 4.24. The highest BCUT2D eigenvalue weighted by atomic mass is 32.2. The number of ketones is 1. The van der Waals surface area contributed by atoms with Gasteiger partial charge in [0, 0.05) is 29.6 Å². The van der Waals surface area contributed by atoms with Crippen LogP contribution in [0.2, 0.25) is 0 Å². The highest BCUT2D eigenvalue weighted by Crippen LogP contribution is 2.44. The monoisotopic (exact) mass is 373 g/mol.